The highest BCUT2D eigenvalue weighted by atomic mass is 79.9. The number of halogens is 1. The fourth-order valence-corrected chi connectivity index (χ4v) is 0. The van der Waals surface area contributed by atoms with Crippen LogP contribution in [0, 0.1) is 0 Å². The van der Waals surface area contributed by atoms with Crippen LogP contribution in [0.4, 0.5) is 0 Å². The van der Waals surface area contributed by atoms with Gasteiger partial charge in [-0.05, 0) is 13.3 Å². The zero-order valence-corrected chi connectivity index (χ0v) is 5.98. The molecular formula is C4H12BrN. The van der Waals surface area contributed by atoms with Crippen molar-refractivity contribution in [3.8, 4) is 0 Å². The Morgan fingerprint density at radius 3 is 1.83 bits per heavy atom. The van der Waals surface area contributed by atoms with E-state index in [0.717, 1.165) is 6.42 Å². The van der Waals surface area contributed by atoms with E-state index in [4.69, 9.17) is 5.73 Å². The molecule has 0 aliphatic heterocycles. The van der Waals surface area contributed by atoms with Crippen LogP contribution >= 0.6 is 17.0 Å². The van der Waals surface area contributed by atoms with Gasteiger partial charge in [-0.25, -0.2) is 0 Å². The Morgan fingerprint density at radius 1 is 1.67 bits per heavy atom. The maximum Gasteiger partial charge on any atom is 0.000781 e. The molecule has 0 rings (SSSR count). The highest BCUT2D eigenvalue weighted by molar-refractivity contribution is 8.93. The first-order valence-electron chi connectivity index (χ1n) is 2.03. The highest BCUT2D eigenvalue weighted by Crippen LogP contribution is 1.77. The summed E-state index contributed by atoms with van der Waals surface area (Å²) in [5.74, 6) is 0. The highest BCUT2D eigenvalue weighted by Gasteiger charge is 1.79. The van der Waals surface area contributed by atoms with Gasteiger partial charge in [-0.15, -0.1) is 17.0 Å². The second-order valence-corrected chi connectivity index (χ2v) is 1.39. The predicted molar refractivity (Wildman–Crippen MR) is 34.3 cm³/mol. The first-order valence-corrected chi connectivity index (χ1v) is 2.03. The van der Waals surface area contributed by atoms with Gasteiger partial charge in [0.05, 0.1) is 0 Å². The minimum atomic E-state index is 0. The number of hydrogen-bond donors (Lipinski definition) is 1. The number of nitrogens with two attached hydrogens (primary N) is 1. The van der Waals surface area contributed by atoms with Crippen LogP contribution in [0.15, 0.2) is 0 Å². The number of rotatable bonds is 1. The van der Waals surface area contributed by atoms with Crippen molar-refractivity contribution < 1.29 is 0 Å². The minimum Gasteiger partial charge on any atom is -0.328 e. The van der Waals surface area contributed by atoms with E-state index in [1.54, 1.807) is 0 Å². The van der Waals surface area contributed by atoms with Gasteiger partial charge in [0.25, 0.3) is 0 Å². The summed E-state index contributed by atoms with van der Waals surface area (Å²) in [5.41, 5.74) is 5.29. The van der Waals surface area contributed by atoms with E-state index in [9.17, 15) is 0 Å². The normalized spacial score (nSPS) is 12.5. The molecule has 0 fully saturated rings. The summed E-state index contributed by atoms with van der Waals surface area (Å²) in [6.45, 7) is 4.07. The molecule has 0 spiro atoms. The molecule has 0 saturated heterocycles. The molecule has 0 amide bonds. The molecule has 0 aliphatic rings. The van der Waals surface area contributed by atoms with Gasteiger partial charge in [0.15, 0.2) is 0 Å². The Balaban J connectivity index is 0. The molecule has 0 heterocycles. The van der Waals surface area contributed by atoms with Crippen LogP contribution in [-0.4, -0.2) is 6.04 Å². The molecule has 40 valence electrons. The predicted octanol–water partition coefficient (Wildman–Crippen LogP) is 1.32. The summed E-state index contributed by atoms with van der Waals surface area (Å²) >= 11 is 0. The lowest BCUT2D eigenvalue weighted by Gasteiger charge is -1.91. The summed E-state index contributed by atoms with van der Waals surface area (Å²) in [4.78, 5) is 0. The lowest BCUT2D eigenvalue weighted by Crippen LogP contribution is -2.11. The second kappa shape index (κ2) is 5.44. The van der Waals surface area contributed by atoms with Gasteiger partial charge in [-0.2, -0.15) is 0 Å². The lowest BCUT2D eigenvalue weighted by molar-refractivity contribution is 0.715. The van der Waals surface area contributed by atoms with E-state index in [1.807, 2.05) is 6.92 Å². The van der Waals surface area contributed by atoms with Crippen molar-refractivity contribution >= 4 is 17.0 Å². The minimum absolute atomic E-state index is 0. The van der Waals surface area contributed by atoms with Crippen molar-refractivity contribution in [3.05, 3.63) is 0 Å². The van der Waals surface area contributed by atoms with Crippen LogP contribution in [0.1, 0.15) is 20.3 Å². The lowest BCUT2D eigenvalue weighted by atomic mass is 10.3. The van der Waals surface area contributed by atoms with Crippen LogP contribution in [0.25, 0.3) is 0 Å². The topological polar surface area (TPSA) is 26.0 Å². The molecule has 0 aromatic heterocycles. The Morgan fingerprint density at radius 2 is 1.83 bits per heavy atom. The van der Waals surface area contributed by atoms with Gasteiger partial charge in [-0.1, -0.05) is 6.92 Å². The first-order chi connectivity index (χ1) is 2.27. The second-order valence-electron chi connectivity index (χ2n) is 1.39. The molecule has 2 N–H and O–H groups in total. The van der Waals surface area contributed by atoms with E-state index >= 15 is 0 Å². The molecule has 0 radical (unpaired) electrons. The quantitative estimate of drug-likeness (QED) is 0.605. The average Bonchev–Trinajstić information content (AvgIpc) is 1.38. The molecule has 0 aliphatic carbocycles. The fourth-order valence-electron chi connectivity index (χ4n) is 0. The molecular weight excluding hydrogens is 142 g/mol. The molecule has 0 aromatic carbocycles. The largest absolute Gasteiger partial charge is 0.328 e. The Hall–Kier alpha value is 0.440. The van der Waals surface area contributed by atoms with Crippen molar-refractivity contribution in [1.82, 2.24) is 0 Å². The average molecular weight is 154 g/mol. The van der Waals surface area contributed by atoms with Gasteiger partial charge < -0.3 is 5.73 Å². The standard InChI is InChI=1S/C4H11N.BrH/c1-3-4(2)5;/h4H,3,5H2,1-2H3;1H. The van der Waals surface area contributed by atoms with Crippen LogP contribution in [0.5, 0.6) is 0 Å². The first kappa shape index (κ1) is 9.67. The molecule has 1 atom stereocenters. The zero-order chi connectivity index (χ0) is 4.28. The molecule has 0 saturated carbocycles. The van der Waals surface area contributed by atoms with E-state index < -0.39 is 0 Å². The van der Waals surface area contributed by atoms with Gasteiger partial charge in [0, 0.05) is 6.04 Å². The maximum absolute atomic E-state index is 5.29. The van der Waals surface area contributed by atoms with E-state index in [2.05, 4.69) is 6.92 Å². The summed E-state index contributed by atoms with van der Waals surface area (Å²) in [7, 11) is 0. The van der Waals surface area contributed by atoms with Crippen molar-refractivity contribution in [2.75, 3.05) is 0 Å². The third-order valence-corrected chi connectivity index (χ3v) is 0.644. The van der Waals surface area contributed by atoms with Gasteiger partial charge in [0.2, 0.25) is 0 Å². The third-order valence-electron chi connectivity index (χ3n) is 0.644. The van der Waals surface area contributed by atoms with E-state index in [0.29, 0.717) is 6.04 Å². The summed E-state index contributed by atoms with van der Waals surface area (Å²) in [6, 6.07) is 0.384. The smallest absolute Gasteiger partial charge is 0.000781 e. The summed E-state index contributed by atoms with van der Waals surface area (Å²) in [6.07, 6.45) is 1.08. The third kappa shape index (κ3) is 8.83. The molecule has 1 unspecified atom stereocenters. The van der Waals surface area contributed by atoms with E-state index in [1.165, 1.54) is 0 Å². The molecule has 6 heavy (non-hydrogen) atoms. The van der Waals surface area contributed by atoms with Crippen LogP contribution in [0.3, 0.4) is 0 Å². The Bertz CT molecular complexity index is 21.5. The summed E-state index contributed by atoms with van der Waals surface area (Å²) in [5, 5.41) is 0. The number of hydrogen-bond acceptors (Lipinski definition) is 1. The van der Waals surface area contributed by atoms with Crippen molar-refractivity contribution in [3.63, 3.8) is 0 Å². The van der Waals surface area contributed by atoms with Gasteiger partial charge >= 0.3 is 0 Å². The van der Waals surface area contributed by atoms with Crippen LogP contribution < -0.4 is 5.73 Å². The SMILES string of the molecule is Br.CCC(C)N. The van der Waals surface area contributed by atoms with Crippen LogP contribution in [-0.2, 0) is 0 Å². The monoisotopic (exact) mass is 153 g/mol. The van der Waals surface area contributed by atoms with Gasteiger partial charge in [0.1, 0.15) is 0 Å². The Kier molecular flexibility index (Phi) is 8.77. The van der Waals surface area contributed by atoms with Crippen molar-refractivity contribution in [1.29, 1.82) is 0 Å². The van der Waals surface area contributed by atoms with Crippen molar-refractivity contribution in [2.24, 2.45) is 5.73 Å². The van der Waals surface area contributed by atoms with Crippen molar-refractivity contribution in [2.45, 2.75) is 26.3 Å². The summed E-state index contributed by atoms with van der Waals surface area (Å²) < 4.78 is 0. The maximum atomic E-state index is 5.29. The molecule has 2 heteroatoms. The molecule has 1 nitrogen and oxygen atoms in total. The van der Waals surface area contributed by atoms with Gasteiger partial charge in [-0.3, -0.25) is 0 Å². The Labute approximate surface area is 49.7 Å². The van der Waals surface area contributed by atoms with Crippen LogP contribution in [0.2, 0.25) is 0 Å². The fraction of sp³-hybridized carbons (Fsp3) is 1.00. The molecule has 0 aromatic rings. The zero-order valence-electron chi connectivity index (χ0n) is 4.27. The molecule has 0 bridgehead atoms. The van der Waals surface area contributed by atoms with E-state index in [-0.39, 0.29) is 17.0 Å².